The lowest BCUT2D eigenvalue weighted by atomic mass is 10.1. The van der Waals surface area contributed by atoms with Crippen molar-refractivity contribution in [2.75, 3.05) is 13.2 Å². The molecular formula is C12H16O4. The van der Waals surface area contributed by atoms with Gasteiger partial charge in [-0.2, -0.15) is 0 Å². The van der Waals surface area contributed by atoms with E-state index in [-0.39, 0.29) is 12.7 Å². The Hall–Kier alpha value is -1.55. The van der Waals surface area contributed by atoms with Crippen LogP contribution in [0.1, 0.15) is 25.5 Å². The van der Waals surface area contributed by atoms with E-state index in [2.05, 4.69) is 0 Å². The second kappa shape index (κ2) is 6.12. The molecule has 1 unspecified atom stereocenters. The summed E-state index contributed by atoms with van der Waals surface area (Å²) in [5.74, 6) is -0.426. The first kappa shape index (κ1) is 12.5. The minimum atomic E-state index is -0.987. The van der Waals surface area contributed by atoms with E-state index in [1.54, 1.807) is 12.1 Å². The molecule has 0 amide bonds. The van der Waals surface area contributed by atoms with Gasteiger partial charge >= 0.3 is 5.97 Å². The lowest BCUT2D eigenvalue weighted by molar-refractivity contribution is -0.139. The summed E-state index contributed by atoms with van der Waals surface area (Å²) in [6.45, 7) is 4.09. The van der Waals surface area contributed by atoms with Crippen molar-refractivity contribution in [3.05, 3.63) is 29.8 Å². The SMILES string of the molecule is CCOC(C)c1ccccc1OCC(=O)O. The second-order valence-electron chi connectivity index (χ2n) is 3.32. The van der Waals surface area contributed by atoms with Gasteiger partial charge in [-0.15, -0.1) is 0 Å². The number of hydrogen-bond donors (Lipinski definition) is 1. The monoisotopic (exact) mass is 224 g/mol. The van der Waals surface area contributed by atoms with Gasteiger partial charge in [0.1, 0.15) is 5.75 Å². The molecule has 4 nitrogen and oxygen atoms in total. The molecule has 16 heavy (non-hydrogen) atoms. The maximum absolute atomic E-state index is 10.4. The highest BCUT2D eigenvalue weighted by Gasteiger charge is 2.11. The Morgan fingerprint density at radius 1 is 1.44 bits per heavy atom. The summed E-state index contributed by atoms with van der Waals surface area (Å²) in [7, 11) is 0. The first-order valence-corrected chi connectivity index (χ1v) is 5.20. The van der Waals surface area contributed by atoms with Crippen LogP contribution in [-0.2, 0) is 9.53 Å². The zero-order chi connectivity index (χ0) is 12.0. The molecule has 0 aliphatic rings. The predicted octanol–water partition coefficient (Wildman–Crippen LogP) is 2.25. The number of ether oxygens (including phenoxy) is 2. The third-order valence-corrected chi connectivity index (χ3v) is 2.12. The molecule has 0 bridgehead atoms. The van der Waals surface area contributed by atoms with Gasteiger partial charge in [0.25, 0.3) is 0 Å². The van der Waals surface area contributed by atoms with E-state index < -0.39 is 5.97 Å². The Morgan fingerprint density at radius 3 is 2.75 bits per heavy atom. The largest absolute Gasteiger partial charge is 0.482 e. The molecule has 0 fully saturated rings. The van der Waals surface area contributed by atoms with Crippen molar-refractivity contribution in [3.63, 3.8) is 0 Å². The fourth-order valence-corrected chi connectivity index (χ4v) is 1.43. The molecule has 0 spiro atoms. The molecule has 1 aromatic rings. The third kappa shape index (κ3) is 3.55. The van der Waals surface area contributed by atoms with Gasteiger partial charge in [0, 0.05) is 12.2 Å². The maximum atomic E-state index is 10.4. The zero-order valence-electron chi connectivity index (χ0n) is 9.47. The van der Waals surface area contributed by atoms with Crippen LogP contribution in [0, 0.1) is 0 Å². The number of carboxylic acids is 1. The number of hydrogen-bond acceptors (Lipinski definition) is 3. The Morgan fingerprint density at radius 2 is 2.12 bits per heavy atom. The summed E-state index contributed by atoms with van der Waals surface area (Å²) in [6.07, 6.45) is -0.102. The number of para-hydroxylation sites is 1. The van der Waals surface area contributed by atoms with Crippen LogP contribution in [0.5, 0.6) is 5.75 Å². The Balaban J connectivity index is 2.78. The topological polar surface area (TPSA) is 55.8 Å². The molecule has 0 aliphatic heterocycles. The van der Waals surface area contributed by atoms with Crippen molar-refractivity contribution >= 4 is 5.97 Å². The van der Waals surface area contributed by atoms with Crippen molar-refractivity contribution in [1.82, 2.24) is 0 Å². The molecule has 1 N–H and O–H groups in total. The van der Waals surface area contributed by atoms with Crippen molar-refractivity contribution < 1.29 is 19.4 Å². The Labute approximate surface area is 94.8 Å². The summed E-state index contributed by atoms with van der Waals surface area (Å²) in [5.41, 5.74) is 0.866. The predicted molar refractivity (Wildman–Crippen MR) is 59.6 cm³/mol. The van der Waals surface area contributed by atoms with Crippen molar-refractivity contribution in [3.8, 4) is 5.75 Å². The first-order valence-electron chi connectivity index (χ1n) is 5.20. The number of carbonyl (C=O) groups is 1. The summed E-state index contributed by atoms with van der Waals surface area (Å²) in [6, 6.07) is 7.29. The number of carboxylic acid groups (broad SMARTS) is 1. The van der Waals surface area contributed by atoms with Gasteiger partial charge in [0.05, 0.1) is 6.10 Å². The van der Waals surface area contributed by atoms with Crippen LogP contribution in [0.25, 0.3) is 0 Å². The fourth-order valence-electron chi connectivity index (χ4n) is 1.43. The molecule has 4 heteroatoms. The molecule has 0 heterocycles. The van der Waals surface area contributed by atoms with Crippen LogP contribution < -0.4 is 4.74 Å². The summed E-state index contributed by atoms with van der Waals surface area (Å²) in [4.78, 5) is 10.4. The molecule has 88 valence electrons. The van der Waals surface area contributed by atoms with E-state index in [1.165, 1.54) is 0 Å². The third-order valence-electron chi connectivity index (χ3n) is 2.12. The Bertz CT molecular complexity index is 349. The van der Waals surface area contributed by atoms with Gasteiger partial charge in [-0.1, -0.05) is 18.2 Å². The van der Waals surface area contributed by atoms with E-state index in [4.69, 9.17) is 14.6 Å². The van der Waals surface area contributed by atoms with Gasteiger partial charge < -0.3 is 14.6 Å². The minimum Gasteiger partial charge on any atom is -0.482 e. The number of rotatable bonds is 6. The summed E-state index contributed by atoms with van der Waals surface area (Å²) in [5, 5.41) is 8.55. The van der Waals surface area contributed by atoms with E-state index in [9.17, 15) is 4.79 Å². The van der Waals surface area contributed by atoms with Gasteiger partial charge in [0.15, 0.2) is 6.61 Å². The van der Waals surface area contributed by atoms with E-state index in [0.29, 0.717) is 12.4 Å². The number of benzene rings is 1. The van der Waals surface area contributed by atoms with Crippen molar-refractivity contribution in [2.45, 2.75) is 20.0 Å². The van der Waals surface area contributed by atoms with Crippen molar-refractivity contribution in [1.29, 1.82) is 0 Å². The molecular weight excluding hydrogens is 208 g/mol. The molecule has 1 rings (SSSR count). The van der Waals surface area contributed by atoms with Crippen molar-refractivity contribution in [2.24, 2.45) is 0 Å². The molecule has 0 aliphatic carbocycles. The molecule has 1 atom stereocenters. The highest BCUT2D eigenvalue weighted by atomic mass is 16.5. The van der Waals surface area contributed by atoms with E-state index in [0.717, 1.165) is 5.56 Å². The maximum Gasteiger partial charge on any atom is 0.341 e. The highest BCUT2D eigenvalue weighted by molar-refractivity contribution is 5.68. The van der Waals surface area contributed by atoms with Crippen LogP contribution in [0.15, 0.2) is 24.3 Å². The standard InChI is InChI=1S/C12H16O4/c1-3-15-9(2)10-6-4-5-7-11(10)16-8-12(13)14/h4-7,9H,3,8H2,1-2H3,(H,13,14). The van der Waals surface area contributed by atoms with E-state index >= 15 is 0 Å². The van der Waals surface area contributed by atoms with Crippen LogP contribution in [0.4, 0.5) is 0 Å². The molecule has 0 saturated carbocycles. The van der Waals surface area contributed by atoms with Crippen LogP contribution >= 0.6 is 0 Å². The first-order chi connectivity index (χ1) is 7.65. The highest BCUT2D eigenvalue weighted by Crippen LogP contribution is 2.26. The minimum absolute atomic E-state index is 0.102. The van der Waals surface area contributed by atoms with Gasteiger partial charge in [0.2, 0.25) is 0 Å². The van der Waals surface area contributed by atoms with E-state index in [1.807, 2.05) is 26.0 Å². The fraction of sp³-hybridized carbons (Fsp3) is 0.417. The van der Waals surface area contributed by atoms with Gasteiger partial charge in [-0.3, -0.25) is 0 Å². The summed E-state index contributed by atoms with van der Waals surface area (Å²) >= 11 is 0. The zero-order valence-corrected chi connectivity index (χ0v) is 9.47. The van der Waals surface area contributed by atoms with Crippen LogP contribution in [-0.4, -0.2) is 24.3 Å². The van der Waals surface area contributed by atoms with Gasteiger partial charge in [-0.05, 0) is 19.9 Å². The molecule has 1 aromatic carbocycles. The molecule has 0 aromatic heterocycles. The van der Waals surface area contributed by atoms with Crippen LogP contribution in [0.3, 0.4) is 0 Å². The van der Waals surface area contributed by atoms with Crippen LogP contribution in [0.2, 0.25) is 0 Å². The molecule has 0 radical (unpaired) electrons. The Kier molecular flexibility index (Phi) is 4.79. The second-order valence-corrected chi connectivity index (χ2v) is 3.32. The normalized spacial score (nSPS) is 12.1. The average molecular weight is 224 g/mol. The lowest BCUT2D eigenvalue weighted by Crippen LogP contribution is -2.11. The quantitative estimate of drug-likeness (QED) is 0.805. The van der Waals surface area contributed by atoms with Gasteiger partial charge in [-0.25, -0.2) is 4.79 Å². The molecule has 0 saturated heterocycles. The smallest absolute Gasteiger partial charge is 0.341 e. The summed E-state index contributed by atoms with van der Waals surface area (Å²) < 4.78 is 10.6. The number of aliphatic carboxylic acids is 1. The average Bonchev–Trinajstić information content (AvgIpc) is 2.27. The lowest BCUT2D eigenvalue weighted by Gasteiger charge is -2.16.